The molecule has 0 bridgehead atoms. The summed E-state index contributed by atoms with van der Waals surface area (Å²) >= 11 is 6.53. The molecule has 3 N–H and O–H groups in total. The zero-order valence-electron chi connectivity index (χ0n) is 24.8. The second-order valence-corrected chi connectivity index (χ2v) is 11.5. The lowest BCUT2D eigenvalue weighted by Gasteiger charge is -2.17. The second kappa shape index (κ2) is 14.4. The highest BCUT2D eigenvalue weighted by molar-refractivity contribution is 6.32. The number of rotatable bonds is 13. The number of aliphatic carboxylic acids is 1. The number of alkyl halides is 2. The van der Waals surface area contributed by atoms with Gasteiger partial charge in [0, 0.05) is 26.1 Å². The van der Waals surface area contributed by atoms with Crippen LogP contribution in [0.25, 0.3) is 17.2 Å². The number of benzene rings is 3. The molecule has 3 aromatic carbocycles. The first kappa shape index (κ1) is 32.6. The van der Waals surface area contributed by atoms with Gasteiger partial charge in [-0.25, -0.2) is 8.78 Å². The summed E-state index contributed by atoms with van der Waals surface area (Å²) in [5, 5.41) is 21.6. The van der Waals surface area contributed by atoms with Crippen molar-refractivity contribution in [3.63, 3.8) is 0 Å². The molecule has 43 heavy (non-hydrogen) atoms. The van der Waals surface area contributed by atoms with E-state index in [-0.39, 0.29) is 19.5 Å². The molecule has 1 saturated heterocycles. The van der Waals surface area contributed by atoms with Crippen LogP contribution in [0, 0.1) is 20.8 Å². The van der Waals surface area contributed by atoms with Crippen molar-refractivity contribution in [2.45, 2.75) is 58.7 Å². The van der Waals surface area contributed by atoms with E-state index in [4.69, 9.17) is 21.4 Å². The molecule has 9 heteroatoms. The van der Waals surface area contributed by atoms with Crippen LogP contribution in [0.3, 0.4) is 0 Å². The number of ether oxygens (including phenoxy) is 1. The predicted octanol–water partition coefficient (Wildman–Crippen LogP) is 6.79. The monoisotopic (exact) mass is 612 g/mol. The molecule has 0 unspecified atom stereocenters. The van der Waals surface area contributed by atoms with E-state index in [1.807, 2.05) is 36.1 Å². The normalized spacial score (nSPS) is 15.7. The Bertz CT molecular complexity index is 1480. The maximum absolute atomic E-state index is 13.5. The largest absolute Gasteiger partial charge is 0.487 e. The number of carboxylic acid groups (broad SMARTS) is 1. The van der Waals surface area contributed by atoms with Crippen LogP contribution < -0.4 is 10.1 Å². The molecule has 6 nitrogen and oxygen atoms in total. The van der Waals surface area contributed by atoms with Crippen LogP contribution in [0.2, 0.25) is 5.02 Å². The first-order valence-corrected chi connectivity index (χ1v) is 14.8. The van der Waals surface area contributed by atoms with Crippen molar-refractivity contribution in [3.8, 4) is 16.9 Å². The van der Waals surface area contributed by atoms with Gasteiger partial charge in [-0.05, 0) is 83.8 Å². The molecule has 1 aliphatic heterocycles. The van der Waals surface area contributed by atoms with Crippen molar-refractivity contribution in [2.24, 2.45) is 0 Å². The van der Waals surface area contributed by atoms with Crippen LogP contribution in [0.1, 0.15) is 46.2 Å². The molecule has 230 valence electrons. The molecule has 4 rings (SSSR count). The Hall–Kier alpha value is -3.30. The Morgan fingerprint density at radius 2 is 1.84 bits per heavy atom. The summed E-state index contributed by atoms with van der Waals surface area (Å²) in [5.74, 6) is -3.15. The SMILES string of the molecule is Cc1cc(OCc2cccc(-c3cccc(/C=C/CCN4CCC(F)(F)C4)c3C)c2C)c(Cl)cc1CN[C@H](CO)C(=O)O. The van der Waals surface area contributed by atoms with E-state index < -0.39 is 24.5 Å². The number of aliphatic hydroxyl groups is 1. The smallest absolute Gasteiger partial charge is 0.323 e. The van der Waals surface area contributed by atoms with E-state index in [9.17, 15) is 18.7 Å². The molecule has 1 atom stereocenters. The lowest BCUT2D eigenvalue weighted by Crippen LogP contribution is -2.39. The number of likely N-dealkylation sites (tertiary alicyclic amines) is 1. The van der Waals surface area contributed by atoms with Crippen molar-refractivity contribution in [3.05, 3.63) is 93.0 Å². The van der Waals surface area contributed by atoms with Crippen molar-refractivity contribution in [1.82, 2.24) is 10.2 Å². The number of hydrogen-bond donors (Lipinski definition) is 3. The lowest BCUT2D eigenvalue weighted by molar-refractivity contribution is -0.140. The fourth-order valence-electron chi connectivity index (χ4n) is 5.34. The number of halogens is 3. The zero-order valence-corrected chi connectivity index (χ0v) is 25.6. The van der Waals surface area contributed by atoms with Gasteiger partial charge in [0.05, 0.1) is 18.2 Å². The Balaban J connectivity index is 1.43. The third-order valence-corrected chi connectivity index (χ3v) is 8.36. The Kier molecular flexibility index (Phi) is 11.0. The molecule has 1 aliphatic rings. The summed E-state index contributed by atoms with van der Waals surface area (Å²) in [7, 11) is 0. The highest BCUT2D eigenvalue weighted by atomic mass is 35.5. The first-order chi connectivity index (χ1) is 20.5. The summed E-state index contributed by atoms with van der Waals surface area (Å²) in [6.07, 6.45) is 4.80. The van der Waals surface area contributed by atoms with Gasteiger partial charge >= 0.3 is 5.97 Å². The molecular weight excluding hydrogens is 574 g/mol. The fourth-order valence-corrected chi connectivity index (χ4v) is 5.58. The highest BCUT2D eigenvalue weighted by Gasteiger charge is 2.37. The standard InChI is InChI=1S/C34H39ClF2N2O4/c1-22-16-32(30(35)17-27(22)18-38-31(19-40)33(41)42)43-20-26-10-7-12-29(24(26)3)28-11-6-9-25(23(28)2)8-4-5-14-39-15-13-34(36,37)21-39/h4,6-12,16-17,31,38,40H,5,13-15,18-21H2,1-3H3,(H,41,42)/b8-4+/t31-/m1/s1. The van der Waals surface area contributed by atoms with Crippen LogP contribution in [0.5, 0.6) is 5.75 Å². The average Bonchev–Trinajstić information content (AvgIpc) is 3.31. The molecule has 0 saturated carbocycles. The number of hydrogen-bond acceptors (Lipinski definition) is 5. The Morgan fingerprint density at radius 1 is 1.12 bits per heavy atom. The molecule has 0 amide bonds. The van der Waals surface area contributed by atoms with Crippen LogP contribution in [-0.4, -0.2) is 59.3 Å². The summed E-state index contributed by atoms with van der Waals surface area (Å²) in [5.41, 5.74) is 8.28. The van der Waals surface area contributed by atoms with Crippen LogP contribution in [-0.2, 0) is 17.9 Å². The van der Waals surface area contributed by atoms with Crippen molar-refractivity contribution < 1.29 is 28.5 Å². The highest BCUT2D eigenvalue weighted by Crippen LogP contribution is 2.33. The zero-order chi connectivity index (χ0) is 31.1. The fraction of sp³-hybridized carbons (Fsp3) is 0.382. The topological polar surface area (TPSA) is 82.0 Å². The van der Waals surface area contributed by atoms with Gasteiger partial charge in [0.2, 0.25) is 0 Å². The van der Waals surface area contributed by atoms with E-state index >= 15 is 0 Å². The molecular formula is C34H39ClF2N2O4. The van der Waals surface area contributed by atoms with Crippen molar-refractivity contribution in [1.29, 1.82) is 0 Å². The van der Waals surface area contributed by atoms with E-state index in [1.54, 1.807) is 6.07 Å². The van der Waals surface area contributed by atoms with Crippen LogP contribution in [0.4, 0.5) is 8.78 Å². The van der Waals surface area contributed by atoms with Crippen molar-refractivity contribution in [2.75, 3.05) is 26.2 Å². The first-order valence-electron chi connectivity index (χ1n) is 14.4. The number of nitrogens with one attached hydrogen (secondary N) is 1. The van der Waals surface area contributed by atoms with E-state index in [1.165, 1.54) is 0 Å². The molecule has 0 spiro atoms. The van der Waals surface area contributed by atoms with Gasteiger partial charge in [0.25, 0.3) is 5.92 Å². The van der Waals surface area contributed by atoms with Gasteiger partial charge in [0.15, 0.2) is 0 Å². The maximum Gasteiger partial charge on any atom is 0.323 e. The third kappa shape index (κ3) is 8.42. The van der Waals surface area contributed by atoms with Crippen molar-refractivity contribution >= 4 is 23.6 Å². The minimum atomic E-state index is -2.56. The molecule has 3 aromatic rings. The number of nitrogens with zero attached hydrogens (tertiary/aromatic N) is 1. The number of carbonyl (C=O) groups is 1. The van der Waals surface area contributed by atoms with Gasteiger partial charge in [-0.2, -0.15) is 0 Å². The van der Waals surface area contributed by atoms with Gasteiger partial charge in [-0.15, -0.1) is 0 Å². The number of aliphatic hydroxyl groups excluding tert-OH is 1. The quantitative estimate of drug-likeness (QED) is 0.197. The van der Waals surface area contributed by atoms with E-state index in [0.29, 0.717) is 30.5 Å². The second-order valence-electron chi connectivity index (χ2n) is 11.1. The third-order valence-electron chi connectivity index (χ3n) is 8.06. The number of carboxylic acids is 1. The predicted molar refractivity (Wildman–Crippen MR) is 167 cm³/mol. The Labute approximate surface area is 256 Å². The lowest BCUT2D eigenvalue weighted by atomic mass is 9.91. The van der Waals surface area contributed by atoms with E-state index in [0.717, 1.165) is 50.9 Å². The van der Waals surface area contributed by atoms with Gasteiger partial charge in [-0.1, -0.05) is 60.2 Å². The number of aryl methyl sites for hydroxylation is 1. The summed E-state index contributed by atoms with van der Waals surface area (Å²) < 4.78 is 33.0. The molecule has 1 fully saturated rings. The van der Waals surface area contributed by atoms with Crippen LogP contribution in [0.15, 0.2) is 54.6 Å². The molecule has 1 heterocycles. The summed E-state index contributed by atoms with van der Waals surface area (Å²) in [6, 6.07) is 14.9. The minimum absolute atomic E-state index is 0.0549. The van der Waals surface area contributed by atoms with Crippen LogP contribution >= 0.6 is 11.6 Å². The van der Waals surface area contributed by atoms with E-state index in [2.05, 4.69) is 49.5 Å². The van der Waals surface area contributed by atoms with Gasteiger partial charge in [-0.3, -0.25) is 15.0 Å². The molecule has 0 aromatic heterocycles. The van der Waals surface area contributed by atoms with Gasteiger partial charge in [0.1, 0.15) is 18.4 Å². The maximum atomic E-state index is 13.5. The molecule has 0 aliphatic carbocycles. The summed E-state index contributed by atoms with van der Waals surface area (Å²) in [4.78, 5) is 13.0. The average molecular weight is 613 g/mol. The van der Waals surface area contributed by atoms with Gasteiger partial charge < -0.3 is 14.9 Å². The molecule has 0 radical (unpaired) electrons. The minimum Gasteiger partial charge on any atom is -0.487 e. The Morgan fingerprint density at radius 3 is 2.51 bits per heavy atom. The summed E-state index contributed by atoms with van der Waals surface area (Å²) in [6.45, 7) is 7.05.